The van der Waals surface area contributed by atoms with Crippen LogP contribution in [0.25, 0.3) is 11.0 Å². The Kier molecular flexibility index (Phi) is 6.19. The zero-order valence-electron chi connectivity index (χ0n) is 18.1. The molecule has 0 fully saturated rings. The van der Waals surface area contributed by atoms with Crippen LogP contribution < -0.4 is 9.47 Å². The molecule has 0 amide bonds. The topological polar surface area (TPSA) is 36.3 Å². The second kappa shape index (κ2) is 9.03. The van der Waals surface area contributed by atoms with Gasteiger partial charge in [0.25, 0.3) is 0 Å². The standard InChI is InChI=1S/C26H27ClN2O2/c1-26(2,3)19-12-14-20(15-13-19)30-17-16-29-23-10-6-5-9-22(23)28-25(29)18-31-24-11-7-4-8-21(24)27/h4-15H,16-18H2,1-3H3. The summed E-state index contributed by atoms with van der Waals surface area (Å²) >= 11 is 6.23. The van der Waals surface area contributed by atoms with Gasteiger partial charge in [-0.15, -0.1) is 0 Å². The number of ether oxygens (including phenoxy) is 2. The number of fused-ring (bicyclic) bond motifs is 1. The fraction of sp³-hybridized carbons (Fsp3) is 0.269. The van der Waals surface area contributed by atoms with Gasteiger partial charge in [0.1, 0.15) is 30.5 Å². The van der Waals surface area contributed by atoms with Crippen molar-refractivity contribution in [1.29, 1.82) is 0 Å². The fourth-order valence-corrected chi connectivity index (χ4v) is 3.69. The highest BCUT2D eigenvalue weighted by Crippen LogP contribution is 2.26. The molecule has 0 spiro atoms. The summed E-state index contributed by atoms with van der Waals surface area (Å²) < 4.78 is 14.1. The van der Waals surface area contributed by atoms with Crippen molar-refractivity contribution < 1.29 is 9.47 Å². The molecule has 31 heavy (non-hydrogen) atoms. The van der Waals surface area contributed by atoms with E-state index in [0.717, 1.165) is 22.6 Å². The molecule has 0 aliphatic carbocycles. The SMILES string of the molecule is CC(C)(C)c1ccc(OCCn2c(COc3ccccc3Cl)nc3ccccc32)cc1. The first-order valence-electron chi connectivity index (χ1n) is 10.5. The van der Waals surface area contributed by atoms with Gasteiger partial charge >= 0.3 is 0 Å². The molecule has 4 aromatic rings. The van der Waals surface area contributed by atoms with E-state index >= 15 is 0 Å². The maximum absolute atomic E-state index is 6.23. The largest absolute Gasteiger partial charge is 0.492 e. The van der Waals surface area contributed by atoms with E-state index < -0.39 is 0 Å². The average Bonchev–Trinajstić information content (AvgIpc) is 3.10. The Morgan fingerprint density at radius 3 is 2.32 bits per heavy atom. The molecule has 0 saturated heterocycles. The van der Waals surface area contributed by atoms with E-state index in [-0.39, 0.29) is 5.41 Å². The quantitative estimate of drug-likeness (QED) is 0.327. The average molecular weight is 435 g/mol. The minimum Gasteiger partial charge on any atom is -0.492 e. The molecular formula is C26H27ClN2O2. The lowest BCUT2D eigenvalue weighted by atomic mass is 9.87. The van der Waals surface area contributed by atoms with Crippen LogP contribution in [0.5, 0.6) is 11.5 Å². The Bertz CT molecular complexity index is 1160. The van der Waals surface area contributed by atoms with E-state index in [4.69, 9.17) is 26.1 Å². The summed E-state index contributed by atoms with van der Waals surface area (Å²) in [5, 5.41) is 0.590. The number of halogens is 1. The van der Waals surface area contributed by atoms with E-state index in [0.29, 0.717) is 30.5 Å². The van der Waals surface area contributed by atoms with Crippen molar-refractivity contribution in [1.82, 2.24) is 9.55 Å². The monoisotopic (exact) mass is 434 g/mol. The lowest BCUT2D eigenvalue weighted by molar-refractivity contribution is 0.272. The van der Waals surface area contributed by atoms with Gasteiger partial charge in [0.15, 0.2) is 0 Å². The summed E-state index contributed by atoms with van der Waals surface area (Å²) in [4.78, 5) is 4.76. The summed E-state index contributed by atoms with van der Waals surface area (Å²) in [6.07, 6.45) is 0. The van der Waals surface area contributed by atoms with Gasteiger partial charge in [0.05, 0.1) is 22.6 Å². The van der Waals surface area contributed by atoms with E-state index in [1.54, 1.807) is 0 Å². The predicted octanol–water partition coefficient (Wildman–Crippen LogP) is 6.65. The van der Waals surface area contributed by atoms with Gasteiger partial charge in [0.2, 0.25) is 0 Å². The molecule has 0 N–H and O–H groups in total. The van der Waals surface area contributed by atoms with Crippen LogP contribution in [0.15, 0.2) is 72.8 Å². The first-order valence-corrected chi connectivity index (χ1v) is 10.8. The molecule has 4 rings (SSSR count). The smallest absolute Gasteiger partial charge is 0.148 e. The first kappa shape index (κ1) is 21.3. The number of benzene rings is 3. The Morgan fingerprint density at radius 1 is 0.871 bits per heavy atom. The zero-order valence-corrected chi connectivity index (χ0v) is 18.9. The molecule has 0 unspecified atom stereocenters. The van der Waals surface area contributed by atoms with Gasteiger partial charge in [-0.25, -0.2) is 4.98 Å². The highest BCUT2D eigenvalue weighted by Gasteiger charge is 2.14. The Labute approximate surface area is 188 Å². The lowest BCUT2D eigenvalue weighted by Crippen LogP contribution is -2.13. The maximum atomic E-state index is 6.23. The molecule has 1 aromatic heterocycles. The number of imidazole rings is 1. The minimum atomic E-state index is 0.130. The Morgan fingerprint density at radius 2 is 1.58 bits per heavy atom. The third-order valence-electron chi connectivity index (χ3n) is 5.23. The van der Waals surface area contributed by atoms with Crippen molar-refractivity contribution in [2.24, 2.45) is 0 Å². The van der Waals surface area contributed by atoms with Crippen LogP contribution in [0.3, 0.4) is 0 Å². The molecule has 0 aliphatic heterocycles. The number of aromatic nitrogens is 2. The molecular weight excluding hydrogens is 408 g/mol. The lowest BCUT2D eigenvalue weighted by Gasteiger charge is -2.19. The van der Waals surface area contributed by atoms with Crippen LogP contribution in [0.1, 0.15) is 32.2 Å². The number of hydrogen-bond donors (Lipinski definition) is 0. The van der Waals surface area contributed by atoms with Crippen molar-refractivity contribution in [3.63, 3.8) is 0 Å². The third-order valence-corrected chi connectivity index (χ3v) is 5.54. The van der Waals surface area contributed by atoms with Crippen LogP contribution in [-0.2, 0) is 18.6 Å². The second-order valence-corrected chi connectivity index (χ2v) is 8.92. The fourth-order valence-electron chi connectivity index (χ4n) is 3.50. The van der Waals surface area contributed by atoms with Gasteiger partial charge in [-0.2, -0.15) is 0 Å². The normalized spacial score (nSPS) is 11.6. The van der Waals surface area contributed by atoms with Crippen LogP contribution in [0, 0.1) is 0 Å². The third kappa shape index (κ3) is 5.02. The molecule has 0 radical (unpaired) electrons. The van der Waals surface area contributed by atoms with Crippen LogP contribution in [-0.4, -0.2) is 16.2 Å². The van der Waals surface area contributed by atoms with Crippen molar-refractivity contribution in [2.45, 2.75) is 39.3 Å². The van der Waals surface area contributed by atoms with Crippen molar-refractivity contribution in [2.75, 3.05) is 6.61 Å². The van der Waals surface area contributed by atoms with Crippen molar-refractivity contribution in [3.05, 3.63) is 89.2 Å². The van der Waals surface area contributed by atoms with E-state index in [1.807, 2.05) is 54.6 Å². The Hall–Kier alpha value is -2.98. The summed E-state index contributed by atoms with van der Waals surface area (Å²) in [5.41, 5.74) is 3.42. The molecule has 3 aromatic carbocycles. The molecule has 1 heterocycles. The highest BCUT2D eigenvalue weighted by atomic mass is 35.5. The summed E-state index contributed by atoms with van der Waals surface area (Å²) in [5.74, 6) is 2.36. The van der Waals surface area contributed by atoms with Crippen LogP contribution in [0.4, 0.5) is 0 Å². The number of rotatable bonds is 7. The Balaban J connectivity index is 1.47. The van der Waals surface area contributed by atoms with Gasteiger partial charge in [-0.1, -0.05) is 68.8 Å². The zero-order chi connectivity index (χ0) is 21.8. The predicted molar refractivity (Wildman–Crippen MR) is 126 cm³/mol. The number of para-hydroxylation sites is 3. The summed E-state index contributed by atoms with van der Waals surface area (Å²) in [6, 6.07) is 23.9. The molecule has 0 saturated carbocycles. The summed E-state index contributed by atoms with van der Waals surface area (Å²) in [7, 11) is 0. The van der Waals surface area contributed by atoms with Crippen molar-refractivity contribution in [3.8, 4) is 11.5 Å². The minimum absolute atomic E-state index is 0.130. The van der Waals surface area contributed by atoms with E-state index in [1.165, 1.54) is 5.56 Å². The van der Waals surface area contributed by atoms with Gasteiger partial charge in [0, 0.05) is 0 Å². The molecule has 0 aliphatic rings. The van der Waals surface area contributed by atoms with Gasteiger partial charge in [-0.05, 0) is 47.4 Å². The summed E-state index contributed by atoms with van der Waals surface area (Å²) in [6.45, 7) is 8.16. The van der Waals surface area contributed by atoms with Gasteiger partial charge < -0.3 is 14.0 Å². The number of hydrogen-bond acceptors (Lipinski definition) is 3. The van der Waals surface area contributed by atoms with Crippen molar-refractivity contribution >= 4 is 22.6 Å². The van der Waals surface area contributed by atoms with Crippen LogP contribution >= 0.6 is 11.6 Å². The van der Waals surface area contributed by atoms with Crippen LogP contribution in [0.2, 0.25) is 5.02 Å². The molecule has 4 nitrogen and oxygen atoms in total. The molecule has 160 valence electrons. The van der Waals surface area contributed by atoms with E-state index in [9.17, 15) is 0 Å². The second-order valence-electron chi connectivity index (χ2n) is 8.51. The highest BCUT2D eigenvalue weighted by molar-refractivity contribution is 6.32. The maximum Gasteiger partial charge on any atom is 0.148 e. The van der Waals surface area contributed by atoms with Gasteiger partial charge in [-0.3, -0.25) is 0 Å². The molecule has 5 heteroatoms. The van der Waals surface area contributed by atoms with E-state index in [2.05, 4.69) is 43.5 Å². The number of nitrogens with zero attached hydrogens (tertiary/aromatic N) is 2. The first-order chi connectivity index (χ1) is 14.9. The molecule has 0 bridgehead atoms. The molecule has 0 atom stereocenters.